The predicted octanol–water partition coefficient (Wildman–Crippen LogP) is 1.49. The molecule has 0 amide bonds. The maximum Gasteiger partial charge on any atom is 0.0431 e. The van der Waals surface area contributed by atoms with Crippen molar-refractivity contribution < 1.29 is 5.11 Å². The van der Waals surface area contributed by atoms with Crippen LogP contribution in [0.15, 0.2) is 18.2 Å². The van der Waals surface area contributed by atoms with E-state index < -0.39 is 0 Å². The van der Waals surface area contributed by atoms with Crippen molar-refractivity contribution in [1.82, 2.24) is 10.2 Å². The molecule has 2 rings (SSSR count). The molecule has 0 saturated carbocycles. The first kappa shape index (κ1) is 12.6. The van der Waals surface area contributed by atoms with E-state index >= 15 is 0 Å². The van der Waals surface area contributed by atoms with E-state index in [9.17, 15) is 0 Å². The molecule has 0 unspecified atom stereocenters. The summed E-state index contributed by atoms with van der Waals surface area (Å²) >= 11 is 0. The summed E-state index contributed by atoms with van der Waals surface area (Å²) in [4.78, 5) is 2.46. The van der Waals surface area contributed by atoms with Crippen LogP contribution >= 0.6 is 0 Å². The van der Waals surface area contributed by atoms with Gasteiger partial charge in [0, 0.05) is 26.2 Å². The van der Waals surface area contributed by atoms with E-state index in [2.05, 4.69) is 28.4 Å². The molecule has 1 aromatic rings. The second-order valence-electron chi connectivity index (χ2n) is 4.77. The van der Waals surface area contributed by atoms with Crippen molar-refractivity contribution in [1.29, 1.82) is 0 Å². The minimum Gasteiger partial charge on any atom is -0.396 e. The molecule has 0 saturated heterocycles. The standard InChI is InChI=1S/C14H22N2O/c1-15-9-12-4-5-13-10-16(6-2-3-7-17)11-14(13)8-12/h4-5,8,15,17H,2-3,6-7,9-11H2,1H3. The highest BCUT2D eigenvalue weighted by molar-refractivity contribution is 5.34. The average molecular weight is 234 g/mol. The lowest BCUT2D eigenvalue weighted by Gasteiger charge is -2.13. The molecule has 0 radical (unpaired) electrons. The summed E-state index contributed by atoms with van der Waals surface area (Å²) in [7, 11) is 1.98. The summed E-state index contributed by atoms with van der Waals surface area (Å²) in [6.07, 6.45) is 2.01. The molecule has 1 heterocycles. The summed E-state index contributed by atoms with van der Waals surface area (Å²) in [6.45, 7) is 4.49. The Morgan fingerprint density at radius 3 is 2.82 bits per heavy atom. The molecular weight excluding hydrogens is 212 g/mol. The Kier molecular flexibility index (Phi) is 4.54. The lowest BCUT2D eigenvalue weighted by molar-refractivity contribution is 0.245. The zero-order valence-corrected chi connectivity index (χ0v) is 10.6. The highest BCUT2D eigenvalue weighted by atomic mass is 16.2. The highest BCUT2D eigenvalue weighted by Crippen LogP contribution is 2.24. The van der Waals surface area contributed by atoms with Crippen LogP contribution in [0.5, 0.6) is 0 Å². The summed E-state index contributed by atoms with van der Waals surface area (Å²) in [5.74, 6) is 0. The van der Waals surface area contributed by atoms with Crippen molar-refractivity contribution in [2.75, 3.05) is 20.2 Å². The topological polar surface area (TPSA) is 35.5 Å². The molecule has 0 fully saturated rings. The fraction of sp³-hybridized carbons (Fsp3) is 0.571. The minimum absolute atomic E-state index is 0.313. The van der Waals surface area contributed by atoms with Crippen molar-refractivity contribution in [3.63, 3.8) is 0 Å². The number of aliphatic hydroxyl groups is 1. The summed E-state index contributed by atoms with van der Waals surface area (Å²) < 4.78 is 0. The quantitative estimate of drug-likeness (QED) is 0.732. The van der Waals surface area contributed by atoms with Gasteiger partial charge in [-0.3, -0.25) is 4.90 Å². The Morgan fingerprint density at radius 1 is 1.24 bits per heavy atom. The predicted molar refractivity (Wildman–Crippen MR) is 69.6 cm³/mol. The maximum atomic E-state index is 8.78. The molecule has 0 bridgehead atoms. The summed E-state index contributed by atoms with van der Waals surface area (Å²) in [6, 6.07) is 6.79. The fourth-order valence-electron chi connectivity index (χ4n) is 2.44. The second kappa shape index (κ2) is 6.15. The molecule has 2 N–H and O–H groups in total. The van der Waals surface area contributed by atoms with E-state index in [1.165, 1.54) is 16.7 Å². The molecule has 3 nitrogen and oxygen atoms in total. The maximum absolute atomic E-state index is 8.78. The van der Waals surface area contributed by atoms with Crippen LogP contribution < -0.4 is 5.32 Å². The van der Waals surface area contributed by atoms with Crippen LogP contribution in [-0.4, -0.2) is 30.2 Å². The number of hydrogen-bond acceptors (Lipinski definition) is 3. The van der Waals surface area contributed by atoms with E-state index in [0.717, 1.165) is 39.0 Å². The normalized spacial score (nSPS) is 15.2. The molecule has 0 atom stereocenters. The first-order valence-corrected chi connectivity index (χ1v) is 6.42. The van der Waals surface area contributed by atoms with E-state index in [-0.39, 0.29) is 0 Å². The Morgan fingerprint density at radius 2 is 2.06 bits per heavy atom. The van der Waals surface area contributed by atoms with Crippen LogP contribution in [0, 0.1) is 0 Å². The van der Waals surface area contributed by atoms with Crippen LogP contribution in [-0.2, 0) is 19.6 Å². The number of rotatable bonds is 6. The monoisotopic (exact) mass is 234 g/mol. The number of benzene rings is 1. The second-order valence-corrected chi connectivity index (χ2v) is 4.77. The van der Waals surface area contributed by atoms with Crippen LogP contribution in [0.25, 0.3) is 0 Å². The molecule has 1 aromatic carbocycles. The van der Waals surface area contributed by atoms with E-state index in [4.69, 9.17) is 5.11 Å². The van der Waals surface area contributed by atoms with Gasteiger partial charge < -0.3 is 10.4 Å². The van der Waals surface area contributed by atoms with Gasteiger partial charge in [-0.1, -0.05) is 18.2 Å². The Labute approximate surface area is 103 Å². The third-order valence-corrected chi connectivity index (χ3v) is 3.32. The van der Waals surface area contributed by atoms with Gasteiger partial charge in [-0.15, -0.1) is 0 Å². The van der Waals surface area contributed by atoms with E-state index in [1.54, 1.807) is 0 Å². The SMILES string of the molecule is CNCc1ccc2c(c1)CN(CCCCO)C2. The van der Waals surface area contributed by atoms with Crippen LogP contribution in [0.4, 0.5) is 0 Å². The van der Waals surface area contributed by atoms with Gasteiger partial charge in [-0.25, -0.2) is 0 Å². The Bertz CT molecular complexity index is 365. The zero-order chi connectivity index (χ0) is 12.1. The number of nitrogens with zero attached hydrogens (tertiary/aromatic N) is 1. The number of fused-ring (bicyclic) bond motifs is 1. The van der Waals surface area contributed by atoms with Gasteiger partial charge in [0.15, 0.2) is 0 Å². The molecule has 0 aromatic heterocycles. The number of hydrogen-bond donors (Lipinski definition) is 2. The fourth-order valence-corrected chi connectivity index (χ4v) is 2.44. The Balaban J connectivity index is 1.92. The molecule has 1 aliphatic heterocycles. The van der Waals surface area contributed by atoms with E-state index in [0.29, 0.717) is 6.61 Å². The summed E-state index contributed by atoms with van der Waals surface area (Å²) in [5, 5.41) is 12.0. The first-order valence-electron chi connectivity index (χ1n) is 6.42. The smallest absolute Gasteiger partial charge is 0.0431 e. The first-order chi connectivity index (χ1) is 8.33. The van der Waals surface area contributed by atoms with Crippen LogP contribution in [0.1, 0.15) is 29.5 Å². The van der Waals surface area contributed by atoms with Crippen molar-refractivity contribution in [2.24, 2.45) is 0 Å². The molecule has 0 aliphatic carbocycles. The zero-order valence-electron chi connectivity index (χ0n) is 10.6. The van der Waals surface area contributed by atoms with Gasteiger partial charge in [0.2, 0.25) is 0 Å². The number of unbranched alkanes of at least 4 members (excludes halogenated alkanes) is 1. The lowest BCUT2D eigenvalue weighted by atomic mass is 10.1. The third kappa shape index (κ3) is 3.28. The van der Waals surface area contributed by atoms with Crippen LogP contribution in [0.3, 0.4) is 0 Å². The van der Waals surface area contributed by atoms with Crippen molar-refractivity contribution in [2.45, 2.75) is 32.5 Å². The Hall–Kier alpha value is -0.900. The highest BCUT2D eigenvalue weighted by Gasteiger charge is 2.18. The van der Waals surface area contributed by atoms with Gasteiger partial charge in [-0.2, -0.15) is 0 Å². The van der Waals surface area contributed by atoms with Gasteiger partial charge in [-0.05, 0) is 43.1 Å². The minimum atomic E-state index is 0.313. The number of nitrogens with one attached hydrogen (secondary N) is 1. The molecular formula is C14H22N2O. The average Bonchev–Trinajstić information content (AvgIpc) is 2.72. The molecule has 0 spiro atoms. The molecule has 94 valence electrons. The van der Waals surface area contributed by atoms with Gasteiger partial charge in [0.05, 0.1) is 0 Å². The van der Waals surface area contributed by atoms with E-state index in [1.807, 2.05) is 7.05 Å². The van der Waals surface area contributed by atoms with Gasteiger partial charge in [0.25, 0.3) is 0 Å². The largest absolute Gasteiger partial charge is 0.396 e. The molecule has 1 aliphatic rings. The van der Waals surface area contributed by atoms with Crippen LogP contribution in [0.2, 0.25) is 0 Å². The van der Waals surface area contributed by atoms with Gasteiger partial charge in [0.1, 0.15) is 0 Å². The molecule has 3 heteroatoms. The molecule has 17 heavy (non-hydrogen) atoms. The summed E-state index contributed by atoms with van der Waals surface area (Å²) in [5.41, 5.74) is 4.30. The lowest BCUT2D eigenvalue weighted by Crippen LogP contribution is -2.17. The third-order valence-electron chi connectivity index (χ3n) is 3.32. The number of aliphatic hydroxyl groups excluding tert-OH is 1. The van der Waals surface area contributed by atoms with Crippen molar-refractivity contribution >= 4 is 0 Å². The van der Waals surface area contributed by atoms with Crippen molar-refractivity contribution in [3.8, 4) is 0 Å². The van der Waals surface area contributed by atoms with Crippen molar-refractivity contribution in [3.05, 3.63) is 34.9 Å². The van der Waals surface area contributed by atoms with Gasteiger partial charge >= 0.3 is 0 Å².